The smallest absolute Gasteiger partial charge is 0.274 e. The molecule has 1 amide bonds. The monoisotopic (exact) mass is 358 g/mol. The van der Waals surface area contributed by atoms with Crippen molar-refractivity contribution in [3.63, 3.8) is 0 Å². The molecule has 26 heavy (non-hydrogen) atoms. The second kappa shape index (κ2) is 6.10. The number of rotatable bonds is 5. The molecule has 1 aromatic heterocycles. The van der Waals surface area contributed by atoms with Gasteiger partial charge in [0.25, 0.3) is 5.91 Å². The fraction of sp³-hybridized carbons (Fsp3) is 0.750. The topological polar surface area (TPSA) is 59.7 Å². The Bertz CT molecular complexity index is 724. The van der Waals surface area contributed by atoms with E-state index in [1.807, 2.05) is 11.1 Å². The normalized spacial score (nSPS) is 30.2. The third-order valence-electron chi connectivity index (χ3n) is 6.02. The molecule has 0 N–H and O–H groups in total. The predicted octanol–water partition coefficient (Wildman–Crippen LogP) is 3.36. The molecule has 1 aromatic rings. The number of imidazole rings is 1. The molecule has 6 nitrogen and oxygen atoms in total. The van der Waals surface area contributed by atoms with Gasteiger partial charge in [0.1, 0.15) is 11.3 Å². The van der Waals surface area contributed by atoms with Crippen molar-refractivity contribution in [2.24, 2.45) is 28.8 Å². The summed E-state index contributed by atoms with van der Waals surface area (Å²) < 4.78 is 2.07. The predicted molar refractivity (Wildman–Crippen MR) is 100.0 cm³/mol. The molecule has 142 valence electrons. The number of fused-ring (bicyclic) bond motifs is 1. The number of carbonyl (C=O) groups is 1. The zero-order valence-corrected chi connectivity index (χ0v) is 16.5. The molecule has 3 heterocycles. The maximum absolute atomic E-state index is 12.8. The molecular formula is C20H30N4O2. The Hall–Kier alpha value is -1.85. The highest BCUT2D eigenvalue weighted by Gasteiger charge is 2.60. The molecule has 3 atom stereocenters. The van der Waals surface area contributed by atoms with Crippen LogP contribution >= 0.6 is 0 Å². The van der Waals surface area contributed by atoms with Gasteiger partial charge in [-0.1, -0.05) is 19.0 Å². The number of piperidine rings is 1. The van der Waals surface area contributed by atoms with Crippen molar-refractivity contribution < 1.29 is 9.63 Å². The lowest BCUT2D eigenvalue weighted by molar-refractivity contribution is 0.0123. The third kappa shape index (κ3) is 3.14. The second-order valence-electron chi connectivity index (χ2n) is 9.36. The summed E-state index contributed by atoms with van der Waals surface area (Å²) in [5.41, 5.74) is 1.60. The van der Waals surface area contributed by atoms with Crippen molar-refractivity contribution in [1.29, 1.82) is 0 Å². The molecule has 1 saturated heterocycles. The molecular weight excluding hydrogens is 328 g/mol. The minimum atomic E-state index is -0.165. The average molecular weight is 358 g/mol. The van der Waals surface area contributed by atoms with Crippen molar-refractivity contribution in [2.75, 3.05) is 13.1 Å². The Labute approximate surface area is 155 Å². The molecule has 0 bridgehead atoms. The van der Waals surface area contributed by atoms with E-state index in [0.717, 1.165) is 25.9 Å². The highest BCUT2D eigenvalue weighted by atomic mass is 16.7. The van der Waals surface area contributed by atoms with E-state index in [1.165, 1.54) is 5.71 Å². The van der Waals surface area contributed by atoms with Crippen LogP contribution in [0.1, 0.15) is 64.0 Å². The van der Waals surface area contributed by atoms with Crippen LogP contribution in [0.2, 0.25) is 0 Å². The van der Waals surface area contributed by atoms with Crippen LogP contribution in [-0.4, -0.2) is 44.8 Å². The Balaban J connectivity index is 1.34. The summed E-state index contributed by atoms with van der Waals surface area (Å²) in [6, 6.07) is 0.365. The van der Waals surface area contributed by atoms with Gasteiger partial charge in [0.2, 0.25) is 0 Å². The summed E-state index contributed by atoms with van der Waals surface area (Å²) in [6.07, 6.45) is 5.71. The average Bonchev–Trinajstić information content (AvgIpc) is 3.01. The van der Waals surface area contributed by atoms with Gasteiger partial charge in [-0.15, -0.1) is 0 Å². The van der Waals surface area contributed by atoms with Gasteiger partial charge in [-0.2, -0.15) is 0 Å². The molecule has 3 aliphatic rings. The molecule has 0 spiro atoms. The lowest BCUT2D eigenvalue weighted by Gasteiger charge is -2.19. The standard InChI is InChI=1S/C20H30N4O2/c1-12(2)6-13(3)24-10-17(21-11-24)19(25)23-8-14-15(9-23)18(14)16-7-20(4,5)26-22-16/h10-15,18H,6-9H2,1-5H3/t13-,14?,15?,18?/m0/s1. The molecule has 2 aliphatic heterocycles. The largest absolute Gasteiger partial charge is 0.389 e. The first-order chi connectivity index (χ1) is 12.2. The summed E-state index contributed by atoms with van der Waals surface area (Å²) in [4.78, 5) is 24.6. The minimum Gasteiger partial charge on any atom is -0.389 e. The Morgan fingerprint density at radius 1 is 1.31 bits per heavy atom. The number of hydrogen-bond donors (Lipinski definition) is 0. The fourth-order valence-electron chi connectivity index (χ4n) is 4.70. The summed E-state index contributed by atoms with van der Waals surface area (Å²) in [5, 5.41) is 4.30. The maximum Gasteiger partial charge on any atom is 0.274 e. The van der Waals surface area contributed by atoms with E-state index in [4.69, 9.17) is 4.84 Å². The van der Waals surface area contributed by atoms with Crippen LogP contribution in [0.3, 0.4) is 0 Å². The highest BCUT2D eigenvalue weighted by Crippen LogP contribution is 2.54. The first-order valence-corrected chi connectivity index (χ1v) is 9.83. The van der Waals surface area contributed by atoms with Gasteiger partial charge in [0, 0.05) is 37.7 Å². The first kappa shape index (κ1) is 17.6. The molecule has 1 saturated carbocycles. The number of hydrogen-bond acceptors (Lipinski definition) is 4. The van der Waals surface area contributed by atoms with Gasteiger partial charge in [-0.3, -0.25) is 4.79 Å². The number of likely N-dealkylation sites (tertiary alicyclic amines) is 1. The number of carbonyl (C=O) groups excluding carboxylic acids is 1. The van der Waals surface area contributed by atoms with Gasteiger partial charge < -0.3 is 14.3 Å². The highest BCUT2D eigenvalue weighted by molar-refractivity contribution is 5.94. The number of amides is 1. The first-order valence-electron chi connectivity index (χ1n) is 9.83. The summed E-state index contributed by atoms with van der Waals surface area (Å²) >= 11 is 0. The van der Waals surface area contributed by atoms with E-state index < -0.39 is 0 Å². The molecule has 2 fully saturated rings. The molecule has 1 aliphatic carbocycles. The Kier molecular flexibility index (Phi) is 4.12. The third-order valence-corrected chi connectivity index (χ3v) is 6.02. The van der Waals surface area contributed by atoms with Crippen LogP contribution in [0.4, 0.5) is 0 Å². The molecule has 2 unspecified atom stereocenters. The van der Waals surface area contributed by atoms with E-state index in [1.54, 1.807) is 6.33 Å². The van der Waals surface area contributed by atoms with Gasteiger partial charge in [0.15, 0.2) is 0 Å². The van der Waals surface area contributed by atoms with E-state index >= 15 is 0 Å². The van der Waals surface area contributed by atoms with E-state index in [9.17, 15) is 4.79 Å². The quantitative estimate of drug-likeness (QED) is 0.811. The second-order valence-corrected chi connectivity index (χ2v) is 9.36. The lowest BCUT2D eigenvalue weighted by atomic mass is 9.98. The van der Waals surface area contributed by atoms with E-state index in [-0.39, 0.29) is 11.5 Å². The number of aromatic nitrogens is 2. The SMILES string of the molecule is CC(C)C[C@H](C)n1cnc(C(=O)N2CC3C(C2)C3C2=NOC(C)(C)C2)c1. The van der Waals surface area contributed by atoms with Crippen molar-refractivity contribution in [3.05, 3.63) is 18.2 Å². The molecule has 4 rings (SSSR count). The number of nitrogens with zero attached hydrogens (tertiary/aromatic N) is 4. The zero-order chi connectivity index (χ0) is 18.6. The molecule has 0 radical (unpaired) electrons. The van der Waals surface area contributed by atoms with Crippen molar-refractivity contribution >= 4 is 11.6 Å². The molecule has 0 aromatic carbocycles. The fourth-order valence-corrected chi connectivity index (χ4v) is 4.70. The summed E-state index contributed by atoms with van der Waals surface area (Å²) in [5.74, 6) is 2.32. The van der Waals surface area contributed by atoms with Crippen LogP contribution in [0.5, 0.6) is 0 Å². The maximum atomic E-state index is 12.8. The molecule has 6 heteroatoms. The van der Waals surface area contributed by atoms with Crippen molar-refractivity contribution in [2.45, 2.75) is 59.1 Å². The summed E-state index contributed by atoms with van der Waals surface area (Å²) in [6.45, 7) is 12.4. The van der Waals surface area contributed by atoms with Gasteiger partial charge in [-0.05, 0) is 44.9 Å². The van der Waals surface area contributed by atoms with Crippen molar-refractivity contribution in [3.8, 4) is 0 Å². The van der Waals surface area contributed by atoms with Crippen LogP contribution < -0.4 is 0 Å². The van der Waals surface area contributed by atoms with Crippen LogP contribution in [0, 0.1) is 23.7 Å². The van der Waals surface area contributed by atoms with Gasteiger partial charge in [-0.25, -0.2) is 4.98 Å². The van der Waals surface area contributed by atoms with Gasteiger partial charge >= 0.3 is 0 Å². The number of oxime groups is 1. The summed E-state index contributed by atoms with van der Waals surface area (Å²) in [7, 11) is 0. The van der Waals surface area contributed by atoms with E-state index in [0.29, 0.717) is 35.4 Å². The Morgan fingerprint density at radius 3 is 2.58 bits per heavy atom. The van der Waals surface area contributed by atoms with E-state index in [2.05, 4.69) is 49.3 Å². The minimum absolute atomic E-state index is 0.0661. The lowest BCUT2D eigenvalue weighted by Crippen LogP contribution is -2.33. The van der Waals surface area contributed by atoms with Crippen LogP contribution in [0.25, 0.3) is 0 Å². The van der Waals surface area contributed by atoms with Crippen LogP contribution in [0.15, 0.2) is 17.7 Å². The zero-order valence-electron chi connectivity index (χ0n) is 16.5. The Morgan fingerprint density at radius 2 is 2.00 bits per heavy atom. The van der Waals surface area contributed by atoms with Crippen LogP contribution in [-0.2, 0) is 4.84 Å². The van der Waals surface area contributed by atoms with Crippen molar-refractivity contribution in [1.82, 2.24) is 14.5 Å². The van der Waals surface area contributed by atoms with Gasteiger partial charge in [0.05, 0.1) is 12.0 Å².